The molecule has 3 rings (SSSR count). The minimum atomic E-state index is -3.58. The number of para-hydroxylation sites is 1. The van der Waals surface area contributed by atoms with Crippen molar-refractivity contribution in [3.63, 3.8) is 0 Å². The molecule has 0 saturated heterocycles. The molecular weight excluding hydrogens is 396 g/mol. The van der Waals surface area contributed by atoms with Crippen molar-refractivity contribution in [1.82, 2.24) is 5.43 Å². The van der Waals surface area contributed by atoms with Crippen molar-refractivity contribution in [2.24, 2.45) is 5.10 Å². The molecule has 0 saturated carbocycles. The van der Waals surface area contributed by atoms with Gasteiger partial charge < -0.3 is 14.3 Å². The Hall–Kier alpha value is -3.59. The first kappa shape index (κ1) is 20.2. The summed E-state index contributed by atoms with van der Waals surface area (Å²) in [6, 6.07) is 15.6. The zero-order chi connectivity index (χ0) is 20.9. The Morgan fingerprint density at radius 3 is 2.62 bits per heavy atom. The van der Waals surface area contributed by atoms with E-state index in [4.69, 9.17) is 9.15 Å². The number of ether oxygens (including phenoxy) is 1. The Morgan fingerprint density at radius 1 is 1.14 bits per heavy atom. The van der Waals surface area contributed by atoms with E-state index in [0.29, 0.717) is 5.56 Å². The van der Waals surface area contributed by atoms with Gasteiger partial charge in [0.15, 0.2) is 27.1 Å². The minimum absolute atomic E-state index is 0.0877. The fourth-order valence-electron chi connectivity index (χ4n) is 2.50. The molecular formula is C20H18N2O6S. The van der Waals surface area contributed by atoms with E-state index < -0.39 is 15.7 Å². The maximum absolute atomic E-state index is 12.4. The molecule has 2 N–H and O–H groups in total. The van der Waals surface area contributed by atoms with Gasteiger partial charge in [-0.05, 0) is 36.4 Å². The highest BCUT2D eigenvalue weighted by Crippen LogP contribution is 2.27. The smallest absolute Gasteiger partial charge is 0.307 e. The number of carbonyl (C=O) groups is 1. The van der Waals surface area contributed by atoms with Gasteiger partial charge in [-0.15, -0.1) is 0 Å². The summed E-state index contributed by atoms with van der Waals surface area (Å²) in [7, 11) is -2.16. The Kier molecular flexibility index (Phi) is 5.99. The van der Waals surface area contributed by atoms with Crippen LogP contribution in [0, 0.1) is 0 Å². The number of sulfone groups is 1. The van der Waals surface area contributed by atoms with Gasteiger partial charge >= 0.3 is 5.91 Å². The average Bonchev–Trinajstić information content (AvgIpc) is 3.18. The fraction of sp³-hybridized carbons (Fsp3) is 0.100. The molecule has 9 heteroatoms. The van der Waals surface area contributed by atoms with E-state index in [0.717, 1.165) is 0 Å². The van der Waals surface area contributed by atoms with Crippen LogP contribution in [0.2, 0.25) is 0 Å². The number of nitrogens with one attached hydrogen (secondary N) is 1. The van der Waals surface area contributed by atoms with Gasteiger partial charge in [0, 0.05) is 5.56 Å². The third kappa shape index (κ3) is 4.82. The van der Waals surface area contributed by atoms with Crippen molar-refractivity contribution in [3.8, 4) is 11.5 Å². The molecule has 0 unspecified atom stereocenters. The number of furan rings is 1. The van der Waals surface area contributed by atoms with Gasteiger partial charge in [0.05, 0.1) is 18.2 Å². The molecule has 0 aliphatic carbocycles. The Morgan fingerprint density at radius 2 is 1.90 bits per heavy atom. The lowest BCUT2D eigenvalue weighted by molar-refractivity contribution is 0.0926. The molecule has 0 atom stereocenters. The standard InChI is InChI=1S/C20H18N2O6S/c1-27-17-9-5-6-14(19(17)23)12-21-22-20(24)18-11-10-15(28-18)13-29(25,26)16-7-3-2-4-8-16/h2-12,23H,13H2,1H3,(H,22,24)/b21-12+. The number of hydrogen-bond acceptors (Lipinski definition) is 7. The zero-order valence-electron chi connectivity index (χ0n) is 15.4. The second kappa shape index (κ2) is 8.61. The lowest BCUT2D eigenvalue weighted by Crippen LogP contribution is -2.16. The molecule has 0 aliphatic rings. The van der Waals surface area contributed by atoms with Gasteiger partial charge in [0.1, 0.15) is 11.5 Å². The Balaban J connectivity index is 1.65. The van der Waals surface area contributed by atoms with Crippen LogP contribution >= 0.6 is 0 Å². The van der Waals surface area contributed by atoms with E-state index >= 15 is 0 Å². The van der Waals surface area contributed by atoms with Crippen LogP contribution in [-0.4, -0.2) is 32.8 Å². The molecule has 29 heavy (non-hydrogen) atoms. The molecule has 0 bridgehead atoms. The van der Waals surface area contributed by atoms with Crippen molar-refractivity contribution >= 4 is 22.0 Å². The lowest BCUT2D eigenvalue weighted by atomic mass is 10.2. The molecule has 0 fully saturated rings. The van der Waals surface area contributed by atoms with E-state index in [-0.39, 0.29) is 33.7 Å². The quantitative estimate of drug-likeness (QED) is 0.453. The van der Waals surface area contributed by atoms with E-state index in [9.17, 15) is 18.3 Å². The summed E-state index contributed by atoms with van der Waals surface area (Å²) in [6.07, 6.45) is 1.25. The van der Waals surface area contributed by atoms with Crippen molar-refractivity contribution in [3.05, 3.63) is 77.7 Å². The fourth-order valence-corrected chi connectivity index (χ4v) is 3.77. The SMILES string of the molecule is COc1cccc(/C=N/NC(=O)c2ccc(CS(=O)(=O)c3ccccc3)o2)c1O. The number of aromatic hydroxyl groups is 1. The summed E-state index contributed by atoms with van der Waals surface area (Å²) in [4.78, 5) is 12.3. The van der Waals surface area contributed by atoms with Crippen molar-refractivity contribution in [1.29, 1.82) is 0 Å². The molecule has 0 aliphatic heterocycles. The average molecular weight is 414 g/mol. The van der Waals surface area contributed by atoms with Gasteiger partial charge in [-0.25, -0.2) is 13.8 Å². The predicted molar refractivity (Wildman–Crippen MR) is 106 cm³/mol. The maximum Gasteiger partial charge on any atom is 0.307 e. The highest BCUT2D eigenvalue weighted by molar-refractivity contribution is 7.90. The molecule has 0 radical (unpaired) electrons. The van der Waals surface area contributed by atoms with E-state index in [1.54, 1.807) is 36.4 Å². The van der Waals surface area contributed by atoms with E-state index in [1.165, 1.54) is 37.6 Å². The number of methoxy groups -OCH3 is 1. The third-order valence-electron chi connectivity index (χ3n) is 3.94. The Labute approximate surface area is 167 Å². The first-order chi connectivity index (χ1) is 13.9. The van der Waals surface area contributed by atoms with Crippen molar-refractivity contribution < 1.29 is 27.5 Å². The van der Waals surface area contributed by atoms with Crippen LogP contribution in [0.15, 0.2) is 75.1 Å². The molecule has 8 nitrogen and oxygen atoms in total. The molecule has 1 amide bonds. The summed E-state index contributed by atoms with van der Waals surface area (Å²) < 4.78 is 35.1. The summed E-state index contributed by atoms with van der Waals surface area (Å²) in [6.45, 7) is 0. The topological polar surface area (TPSA) is 118 Å². The number of phenols is 1. The first-order valence-electron chi connectivity index (χ1n) is 8.46. The monoisotopic (exact) mass is 414 g/mol. The number of hydrogen-bond donors (Lipinski definition) is 2. The van der Waals surface area contributed by atoms with Crippen LogP contribution in [0.25, 0.3) is 0 Å². The summed E-state index contributed by atoms with van der Waals surface area (Å²) in [5.41, 5.74) is 2.60. The van der Waals surface area contributed by atoms with Gasteiger partial charge in [0.25, 0.3) is 0 Å². The van der Waals surface area contributed by atoms with Crippen LogP contribution in [0.5, 0.6) is 11.5 Å². The van der Waals surface area contributed by atoms with E-state index in [1.807, 2.05) is 0 Å². The molecule has 150 valence electrons. The minimum Gasteiger partial charge on any atom is -0.504 e. The van der Waals surface area contributed by atoms with Crippen LogP contribution in [0.3, 0.4) is 0 Å². The Bertz CT molecular complexity index is 1140. The second-order valence-electron chi connectivity index (χ2n) is 5.94. The van der Waals surface area contributed by atoms with Crippen LogP contribution in [-0.2, 0) is 15.6 Å². The van der Waals surface area contributed by atoms with Gasteiger partial charge in [-0.1, -0.05) is 24.3 Å². The number of carbonyl (C=O) groups excluding carboxylic acids is 1. The van der Waals surface area contributed by atoms with Gasteiger partial charge in [-0.3, -0.25) is 4.79 Å². The highest BCUT2D eigenvalue weighted by Gasteiger charge is 2.19. The number of benzene rings is 2. The molecule has 1 aromatic heterocycles. The number of amides is 1. The summed E-state index contributed by atoms with van der Waals surface area (Å²) in [5.74, 6) is -0.823. The molecule has 1 heterocycles. The maximum atomic E-state index is 12.4. The van der Waals surface area contributed by atoms with Gasteiger partial charge in [-0.2, -0.15) is 5.10 Å². The van der Waals surface area contributed by atoms with Crippen molar-refractivity contribution in [2.45, 2.75) is 10.6 Å². The largest absolute Gasteiger partial charge is 0.504 e. The molecule has 2 aromatic carbocycles. The van der Waals surface area contributed by atoms with Crippen LogP contribution in [0.4, 0.5) is 0 Å². The molecule has 0 spiro atoms. The normalized spacial score (nSPS) is 11.5. The third-order valence-corrected chi connectivity index (χ3v) is 5.59. The highest BCUT2D eigenvalue weighted by atomic mass is 32.2. The van der Waals surface area contributed by atoms with Crippen LogP contribution < -0.4 is 10.2 Å². The lowest BCUT2D eigenvalue weighted by Gasteiger charge is -2.04. The predicted octanol–water partition coefficient (Wildman–Crippen LogP) is 2.73. The summed E-state index contributed by atoms with van der Waals surface area (Å²) >= 11 is 0. The first-order valence-corrected chi connectivity index (χ1v) is 10.1. The number of phenolic OH excluding ortho intramolecular Hbond substituents is 1. The number of hydrazone groups is 1. The van der Waals surface area contributed by atoms with Crippen LogP contribution in [0.1, 0.15) is 21.9 Å². The van der Waals surface area contributed by atoms with E-state index in [2.05, 4.69) is 10.5 Å². The number of rotatable bonds is 7. The van der Waals surface area contributed by atoms with Crippen molar-refractivity contribution in [2.75, 3.05) is 7.11 Å². The number of nitrogens with zero attached hydrogens (tertiary/aromatic N) is 1. The second-order valence-corrected chi connectivity index (χ2v) is 7.92. The summed E-state index contributed by atoms with van der Waals surface area (Å²) in [5, 5.41) is 13.7. The molecule has 3 aromatic rings. The zero-order valence-corrected chi connectivity index (χ0v) is 16.2. The van der Waals surface area contributed by atoms with Gasteiger partial charge in [0.2, 0.25) is 0 Å².